The zero-order valence-electron chi connectivity index (χ0n) is 19.1. The first kappa shape index (κ1) is 23.3. The van der Waals surface area contributed by atoms with Crippen LogP contribution in [0.4, 0.5) is 9.18 Å². The van der Waals surface area contributed by atoms with Crippen molar-refractivity contribution in [2.24, 2.45) is 0 Å². The summed E-state index contributed by atoms with van der Waals surface area (Å²) in [5, 5.41) is 15.7. The van der Waals surface area contributed by atoms with Crippen molar-refractivity contribution >= 4 is 17.8 Å². The summed E-state index contributed by atoms with van der Waals surface area (Å²) in [6.45, 7) is 3.96. The molecule has 0 spiro atoms. The standard InChI is InChI=1S/C25H30FN5OS/c1-17-8-14-22(15-9-17)31-23(18(2)27-24(32)28-21-6-4-3-5-7-21)29-30-25(31)33-16-19-10-12-20(26)13-11-19/h8-15,18,21H,3-7,16H2,1-2H3,(H2,27,28,32). The monoisotopic (exact) mass is 467 g/mol. The fourth-order valence-electron chi connectivity index (χ4n) is 4.06. The van der Waals surface area contributed by atoms with Gasteiger partial charge in [-0.15, -0.1) is 10.2 Å². The molecule has 0 aliphatic heterocycles. The van der Waals surface area contributed by atoms with E-state index in [-0.39, 0.29) is 23.9 Å². The number of nitrogens with one attached hydrogen (secondary N) is 2. The summed E-state index contributed by atoms with van der Waals surface area (Å²) in [5.41, 5.74) is 3.09. The summed E-state index contributed by atoms with van der Waals surface area (Å²) < 4.78 is 15.2. The van der Waals surface area contributed by atoms with E-state index in [1.165, 1.54) is 30.3 Å². The number of carbonyl (C=O) groups excluding carboxylic acids is 1. The van der Waals surface area contributed by atoms with E-state index >= 15 is 0 Å². The Morgan fingerprint density at radius 3 is 2.48 bits per heavy atom. The molecule has 2 amide bonds. The van der Waals surface area contributed by atoms with Gasteiger partial charge in [-0.1, -0.05) is 60.9 Å². The second-order valence-electron chi connectivity index (χ2n) is 8.60. The van der Waals surface area contributed by atoms with Crippen LogP contribution >= 0.6 is 11.8 Å². The van der Waals surface area contributed by atoms with Crippen molar-refractivity contribution in [3.8, 4) is 5.69 Å². The van der Waals surface area contributed by atoms with Crippen molar-refractivity contribution in [2.45, 2.75) is 68.9 Å². The van der Waals surface area contributed by atoms with E-state index in [0.717, 1.165) is 47.7 Å². The van der Waals surface area contributed by atoms with Gasteiger partial charge in [-0.2, -0.15) is 0 Å². The zero-order chi connectivity index (χ0) is 23.2. The number of amides is 2. The number of aromatic nitrogens is 3. The Morgan fingerprint density at radius 1 is 1.09 bits per heavy atom. The van der Waals surface area contributed by atoms with Crippen LogP contribution in [0, 0.1) is 12.7 Å². The first-order chi connectivity index (χ1) is 16.0. The lowest BCUT2D eigenvalue weighted by atomic mass is 9.96. The maximum absolute atomic E-state index is 13.2. The van der Waals surface area contributed by atoms with Crippen LogP contribution in [0.1, 0.15) is 62.0 Å². The molecule has 2 aromatic carbocycles. The van der Waals surface area contributed by atoms with Crippen LogP contribution in [-0.2, 0) is 5.75 Å². The maximum atomic E-state index is 13.2. The first-order valence-electron chi connectivity index (χ1n) is 11.5. The minimum absolute atomic E-state index is 0.173. The fraction of sp³-hybridized carbons (Fsp3) is 0.400. The van der Waals surface area contributed by atoms with Gasteiger partial charge < -0.3 is 10.6 Å². The lowest BCUT2D eigenvalue weighted by molar-refractivity contribution is 0.229. The largest absolute Gasteiger partial charge is 0.335 e. The van der Waals surface area contributed by atoms with Crippen LogP contribution in [0.3, 0.4) is 0 Å². The van der Waals surface area contributed by atoms with Gasteiger partial charge in [0.1, 0.15) is 5.82 Å². The number of rotatable bonds is 7. The van der Waals surface area contributed by atoms with Gasteiger partial charge in [-0.05, 0) is 56.5 Å². The van der Waals surface area contributed by atoms with Gasteiger partial charge in [0, 0.05) is 17.5 Å². The number of halogens is 1. The van der Waals surface area contributed by atoms with Gasteiger partial charge in [-0.3, -0.25) is 4.57 Å². The molecular weight excluding hydrogens is 437 g/mol. The lowest BCUT2D eigenvalue weighted by Crippen LogP contribution is -2.44. The molecule has 0 saturated heterocycles. The number of nitrogens with zero attached hydrogens (tertiary/aromatic N) is 3. The number of carbonyl (C=O) groups is 1. The molecule has 0 radical (unpaired) electrons. The highest BCUT2D eigenvalue weighted by Gasteiger charge is 2.22. The van der Waals surface area contributed by atoms with Crippen molar-refractivity contribution in [1.29, 1.82) is 0 Å². The molecule has 1 fully saturated rings. The van der Waals surface area contributed by atoms with Crippen LogP contribution < -0.4 is 10.6 Å². The smallest absolute Gasteiger partial charge is 0.315 e. The predicted octanol–water partition coefficient (Wildman–Crippen LogP) is 5.70. The van der Waals surface area contributed by atoms with E-state index in [0.29, 0.717) is 11.6 Å². The molecule has 2 N–H and O–H groups in total. The molecule has 1 aliphatic rings. The molecule has 1 unspecified atom stereocenters. The highest BCUT2D eigenvalue weighted by atomic mass is 32.2. The van der Waals surface area contributed by atoms with E-state index in [4.69, 9.17) is 0 Å². The third kappa shape index (κ3) is 6.13. The number of benzene rings is 2. The molecule has 4 rings (SSSR count). The van der Waals surface area contributed by atoms with Crippen LogP contribution in [0.5, 0.6) is 0 Å². The Balaban J connectivity index is 1.52. The van der Waals surface area contributed by atoms with E-state index in [1.807, 2.05) is 42.7 Å². The average molecular weight is 468 g/mol. The van der Waals surface area contributed by atoms with Gasteiger partial charge in [-0.25, -0.2) is 9.18 Å². The Labute approximate surface area is 198 Å². The molecule has 174 valence electrons. The van der Waals surface area contributed by atoms with Gasteiger partial charge in [0.2, 0.25) is 0 Å². The third-order valence-electron chi connectivity index (χ3n) is 5.91. The lowest BCUT2D eigenvalue weighted by Gasteiger charge is -2.24. The van der Waals surface area contributed by atoms with Crippen LogP contribution in [0.25, 0.3) is 5.69 Å². The fourth-order valence-corrected chi connectivity index (χ4v) is 4.97. The van der Waals surface area contributed by atoms with Gasteiger partial charge in [0.05, 0.1) is 6.04 Å². The maximum Gasteiger partial charge on any atom is 0.315 e. The molecular formula is C25H30FN5OS. The predicted molar refractivity (Wildman–Crippen MR) is 129 cm³/mol. The van der Waals surface area contributed by atoms with Gasteiger partial charge in [0.15, 0.2) is 11.0 Å². The Hall–Kier alpha value is -2.87. The van der Waals surface area contributed by atoms with Crippen molar-refractivity contribution in [3.05, 3.63) is 71.3 Å². The van der Waals surface area contributed by atoms with Crippen molar-refractivity contribution in [2.75, 3.05) is 0 Å². The summed E-state index contributed by atoms with van der Waals surface area (Å²) in [4.78, 5) is 12.6. The van der Waals surface area contributed by atoms with E-state index in [9.17, 15) is 9.18 Å². The van der Waals surface area contributed by atoms with Gasteiger partial charge >= 0.3 is 6.03 Å². The Bertz CT molecular complexity index is 1060. The highest BCUT2D eigenvalue weighted by Crippen LogP contribution is 2.28. The first-order valence-corrected chi connectivity index (χ1v) is 12.4. The second kappa shape index (κ2) is 10.8. The Kier molecular flexibility index (Phi) is 7.65. The van der Waals surface area contributed by atoms with Crippen molar-refractivity contribution in [1.82, 2.24) is 25.4 Å². The molecule has 1 aliphatic carbocycles. The number of thioether (sulfide) groups is 1. The van der Waals surface area contributed by atoms with Crippen LogP contribution in [0.2, 0.25) is 0 Å². The van der Waals surface area contributed by atoms with E-state index in [2.05, 4.69) is 20.8 Å². The minimum atomic E-state index is -0.331. The third-order valence-corrected chi connectivity index (χ3v) is 6.91. The topological polar surface area (TPSA) is 71.8 Å². The second-order valence-corrected chi connectivity index (χ2v) is 9.54. The molecule has 0 bridgehead atoms. The summed E-state index contributed by atoms with van der Waals surface area (Å²) in [7, 11) is 0. The molecule has 1 aromatic heterocycles. The quantitative estimate of drug-likeness (QED) is 0.437. The number of hydrogen-bond acceptors (Lipinski definition) is 4. The number of aryl methyl sites for hydroxylation is 1. The summed E-state index contributed by atoms with van der Waals surface area (Å²) >= 11 is 1.53. The average Bonchev–Trinajstić information content (AvgIpc) is 3.24. The van der Waals surface area contributed by atoms with E-state index in [1.54, 1.807) is 12.1 Å². The van der Waals surface area contributed by atoms with Crippen LogP contribution in [-0.4, -0.2) is 26.8 Å². The summed E-state index contributed by atoms with van der Waals surface area (Å²) in [6.07, 6.45) is 5.64. The normalized spacial score (nSPS) is 15.2. The molecule has 6 nitrogen and oxygen atoms in total. The van der Waals surface area contributed by atoms with Crippen LogP contribution in [0.15, 0.2) is 53.7 Å². The minimum Gasteiger partial charge on any atom is -0.335 e. The molecule has 1 atom stereocenters. The molecule has 1 saturated carbocycles. The zero-order valence-corrected chi connectivity index (χ0v) is 19.9. The SMILES string of the molecule is Cc1ccc(-n2c(SCc3ccc(F)cc3)nnc2C(C)NC(=O)NC2CCCCC2)cc1. The van der Waals surface area contributed by atoms with Crippen molar-refractivity contribution < 1.29 is 9.18 Å². The molecule has 8 heteroatoms. The summed E-state index contributed by atoms with van der Waals surface area (Å²) in [5.74, 6) is 1.05. The van der Waals surface area contributed by atoms with E-state index < -0.39 is 0 Å². The number of urea groups is 1. The van der Waals surface area contributed by atoms with Gasteiger partial charge in [0.25, 0.3) is 0 Å². The van der Waals surface area contributed by atoms with Crippen molar-refractivity contribution in [3.63, 3.8) is 0 Å². The Morgan fingerprint density at radius 2 is 1.79 bits per heavy atom. The number of hydrogen-bond donors (Lipinski definition) is 2. The highest BCUT2D eigenvalue weighted by molar-refractivity contribution is 7.98. The molecule has 3 aromatic rings. The molecule has 1 heterocycles. The molecule has 33 heavy (non-hydrogen) atoms. The summed E-state index contributed by atoms with van der Waals surface area (Å²) in [6, 6.07) is 14.3.